The third kappa shape index (κ3) is 4.15. The molecule has 1 aliphatic rings. The molecule has 5 heteroatoms. The van der Waals surface area contributed by atoms with Gasteiger partial charge in [0.2, 0.25) is 0 Å². The highest BCUT2D eigenvalue weighted by molar-refractivity contribution is 6.13. The summed E-state index contributed by atoms with van der Waals surface area (Å²) in [6.45, 7) is 9.10. The fourth-order valence-corrected chi connectivity index (χ4v) is 4.92. The second-order valence-corrected chi connectivity index (χ2v) is 8.71. The Morgan fingerprint density at radius 2 is 1.43 bits per heavy atom. The quantitative estimate of drug-likeness (QED) is 0.159. The van der Waals surface area contributed by atoms with Gasteiger partial charge in [-0.1, -0.05) is 80.7 Å². The molecule has 0 bridgehead atoms. The highest BCUT2D eigenvalue weighted by atomic mass is 16.5. The molecule has 1 atom stereocenters. The van der Waals surface area contributed by atoms with Crippen molar-refractivity contribution >= 4 is 28.5 Å². The monoisotopic (exact) mass is 488 g/mol. The summed E-state index contributed by atoms with van der Waals surface area (Å²) in [5.74, 6) is -1.13. The number of hydrogen-bond donors (Lipinski definition) is 0. The van der Waals surface area contributed by atoms with E-state index >= 15 is 0 Å². The molecule has 0 fully saturated rings. The first kappa shape index (κ1) is 23.9. The molecule has 0 heterocycles. The van der Waals surface area contributed by atoms with Crippen LogP contribution in [0.3, 0.4) is 0 Å². The Labute approximate surface area is 214 Å². The number of fused-ring (bicyclic) bond motifs is 3. The maximum Gasteiger partial charge on any atom is 0.335 e. The zero-order valence-electron chi connectivity index (χ0n) is 20.3. The van der Waals surface area contributed by atoms with E-state index in [0.717, 1.165) is 35.3 Å². The average molecular weight is 489 g/mol. The Hall–Kier alpha value is -4.77. The van der Waals surface area contributed by atoms with Crippen LogP contribution in [0.5, 0.6) is 11.5 Å². The summed E-state index contributed by atoms with van der Waals surface area (Å²) in [7, 11) is 0. The number of ketones is 1. The lowest BCUT2D eigenvalue weighted by Gasteiger charge is -2.30. The van der Waals surface area contributed by atoms with E-state index in [1.165, 1.54) is 0 Å². The smallest absolute Gasteiger partial charge is 0.335 e. The second kappa shape index (κ2) is 9.70. The average Bonchev–Trinajstić information content (AvgIpc) is 2.94. The minimum atomic E-state index is -0.621. The van der Waals surface area contributed by atoms with Crippen molar-refractivity contribution in [3.8, 4) is 11.5 Å². The van der Waals surface area contributed by atoms with E-state index in [-0.39, 0.29) is 5.78 Å². The number of rotatable bonds is 6. The Balaban J connectivity index is 1.88. The molecule has 0 saturated carbocycles. The lowest BCUT2D eigenvalue weighted by molar-refractivity contribution is -0.130. The van der Waals surface area contributed by atoms with Gasteiger partial charge in [0.1, 0.15) is 11.5 Å². The molecule has 0 aliphatic heterocycles. The van der Waals surface area contributed by atoms with Crippen LogP contribution in [0.1, 0.15) is 51.0 Å². The molecule has 37 heavy (non-hydrogen) atoms. The number of ether oxygens (including phenoxy) is 2. The molecular formula is C32H24O5. The van der Waals surface area contributed by atoms with E-state index in [2.05, 4.69) is 13.2 Å². The third-order valence-corrected chi connectivity index (χ3v) is 6.64. The van der Waals surface area contributed by atoms with Crippen molar-refractivity contribution in [3.05, 3.63) is 131 Å². The van der Waals surface area contributed by atoms with Crippen LogP contribution in [-0.4, -0.2) is 17.7 Å². The van der Waals surface area contributed by atoms with Gasteiger partial charge >= 0.3 is 11.9 Å². The van der Waals surface area contributed by atoms with E-state index in [1.807, 2.05) is 55.5 Å². The molecule has 0 N–H and O–H groups in total. The standard InChI is InChI=1S/C32H24O5/c1-4-19-15-16-22-25(17-19)31(35)23-13-9-8-12-21(23)30(22)26-18-27(36-28(33)5-2)20-11-7-10-14-24(20)32(26)37-29(34)6-3/h5-18,30H,2-4H2,1H3. The lowest BCUT2D eigenvalue weighted by Crippen LogP contribution is -2.22. The Morgan fingerprint density at radius 3 is 2.16 bits per heavy atom. The van der Waals surface area contributed by atoms with Crippen LogP contribution in [0.2, 0.25) is 0 Å². The molecule has 182 valence electrons. The number of aryl methyl sites for hydroxylation is 1. The maximum absolute atomic E-state index is 13.5. The molecule has 5 rings (SSSR count). The van der Waals surface area contributed by atoms with Crippen molar-refractivity contribution in [3.63, 3.8) is 0 Å². The SMILES string of the molecule is C=CC(=O)Oc1cc(C2c3ccccc3C(=O)c3cc(CC)ccc32)c(OC(=O)C=C)c2ccccc12. The highest BCUT2D eigenvalue weighted by Gasteiger charge is 2.35. The van der Waals surface area contributed by atoms with Gasteiger partial charge in [-0.15, -0.1) is 0 Å². The first-order valence-corrected chi connectivity index (χ1v) is 12.0. The van der Waals surface area contributed by atoms with Crippen molar-refractivity contribution in [2.75, 3.05) is 0 Å². The number of benzene rings is 4. The molecule has 4 aromatic carbocycles. The Kier molecular flexibility index (Phi) is 6.28. The van der Waals surface area contributed by atoms with Crippen LogP contribution in [0, 0.1) is 0 Å². The molecule has 1 unspecified atom stereocenters. The molecule has 0 aromatic heterocycles. The van der Waals surface area contributed by atoms with Gasteiger partial charge in [-0.3, -0.25) is 4.79 Å². The fraction of sp³-hybridized carbons (Fsp3) is 0.0938. The maximum atomic E-state index is 13.5. The lowest BCUT2D eigenvalue weighted by atomic mass is 9.73. The zero-order chi connectivity index (χ0) is 26.1. The molecule has 5 nitrogen and oxygen atoms in total. The van der Waals surface area contributed by atoms with Gasteiger partial charge < -0.3 is 9.47 Å². The number of esters is 2. The number of carbonyl (C=O) groups is 3. The summed E-state index contributed by atoms with van der Waals surface area (Å²) in [6, 6.07) is 22.2. The predicted octanol–water partition coefficient (Wildman–Crippen LogP) is 6.31. The highest BCUT2D eigenvalue weighted by Crippen LogP contribution is 2.48. The van der Waals surface area contributed by atoms with Crippen LogP contribution >= 0.6 is 0 Å². The van der Waals surface area contributed by atoms with Crippen LogP contribution in [0.25, 0.3) is 10.8 Å². The van der Waals surface area contributed by atoms with Gasteiger partial charge in [0, 0.05) is 45.5 Å². The van der Waals surface area contributed by atoms with Crippen molar-refractivity contribution in [1.82, 2.24) is 0 Å². The predicted molar refractivity (Wildman–Crippen MR) is 142 cm³/mol. The molecule has 0 saturated heterocycles. The first-order chi connectivity index (χ1) is 18.0. The number of carbonyl (C=O) groups excluding carboxylic acids is 3. The van der Waals surface area contributed by atoms with E-state index in [0.29, 0.717) is 39.0 Å². The van der Waals surface area contributed by atoms with Gasteiger partial charge in [-0.25, -0.2) is 9.59 Å². The topological polar surface area (TPSA) is 69.7 Å². The van der Waals surface area contributed by atoms with E-state index < -0.39 is 17.9 Å². The Morgan fingerprint density at radius 1 is 0.784 bits per heavy atom. The summed E-state index contributed by atoms with van der Waals surface area (Å²) < 4.78 is 11.5. The molecule has 0 amide bonds. The van der Waals surface area contributed by atoms with E-state index in [4.69, 9.17) is 9.47 Å². The normalized spacial score (nSPS) is 13.9. The van der Waals surface area contributed by atoms with Crippen LogP contribution in [0.15, 0.2) is 98.1 Å². The molecule has 0 radical (unpaired) electrons. The first-order valence-electron chi connectivity index (χ1n) is 12.0. The number of hydrogen-bond acceptors (Lipinski definition) is 5. The van der Waals surface area contributed by atoms with Gasteiger partial charge in [-0.2, -0.15) is 0 Å². The largest absolute Gasteiger partial charge is 0.423 e. The zero-order valence-corrected chi connectivity index (χ0v) is 20.3. The van der Waals surface area contributed by atoms with Gasteiger partial charge in [-0.05, 0) is 35.2 Å². The summed E-state index contributed by atoms with van der Waals surface area (Å²) >= 11 is 0. The third-order valence-electron chi connectivity index (χ3n) is 6.64. The molecular weight excluding hydrogens is 464 g/mol. The van der Waals surface area contributed by atoms with Gasteiger partial charge in [0.05, 0.1) is 0 Å². The van der Waals surface area contributed by atoms with Crippen molar-refractivity contribution < 1.29 is 23.9 Å². The van der Waals surface area contributed by atoms with Crippen LogP contribution < -0.4 is 9.47 Å². The molecule has 1 aliphatic carbocycles. The summed E-state index contributed by atoms with van der Waals surface area (Å²) in [4.78, 5) is 38.3. The van der Waals surface area contributed by atoms with Crippen molar-refractivity contribution in [1.29, 1.82) is 0 Å². The minimum absolute atomic E-state index is 0.0547. The van der Waals surface area contributed by atoms with Gasteiger partial charge in [0.25, 0.3) is 0 Å². The Bertz CT molecular complexity index is 1610. The van der Waals surface area contributed by atoms with Gasteiger partial charge in [0.15, 0.2) is 5.78 Å². The van der Waals surface area contributed by atoms with Crippen molar-refractivity contribution in [2.24, 2.45) is 0 Å². The summed E-state index contributed by atoms with van der Waals surface area (Å²) in [6.07, 6.45) is 2.98. The van der Waals surface area contributed by atoms with E-state index in [1.54, 1.807) is 24.3 Å². The second-order valence-electron chi connectivity index (χ2n) is 8.71. The van der Waals surface area contributed by atoms with Crippen LogP contribution in [0.4, 0.5) is 0 Å². The molecule has 4 aromatic rings. The van der Waals surface area contributed by atoms with Crippen LogP contribution in [-0.2, 0) is 16.0 Å². The van der Waals surface area contributed by atoms with E-state index in [9.17, 15) is 14.4 Å². The minimum Gasteiger partial charge on any atom is -0.423 e. The summed E-state index contributed by atoms with van der Waals surface area (Å²) in [5, 5.41) is 1.18. The fourth-order valence-electron chi connectivity index (χ4n) is 4.92. The molecule has 0 spiro atoms. The van der Waals surface area contributed by atoms with Crippen molar-refractivity contribution in [2.45, 2.75) is 19.3 Å². The summed E-state index contributed by atoms with van der Waals surface area (Å²) in [5.41, 5.74) is 4.37.